The standard InChI is InChI=1S/C16H16N2O2S/c17-7-3-4-12-8-14(21-11-12)10-18-16(20)9-13-5-1-2-6-15(13)19/h1-2,5-6,8,11,19H,7,9-10,17H2,(H,18,20). The smallest absolute Gasteiger partial charge is 0.224 e. The van der Waals surface area contributed by atoms with E-state index in [1.165, 1.54) is 0 Å². The molecule has 4 nitrogen and oxygen atoms in total. The van der Waals surface area contributed by atoms with Crippen LogP contribution in [-0.2, 0) is 17.8 Å². The summed E-state index contributed by atoms with van der Waals surface area (Å²) in [7, 11) is 0. The lowest BCUT2D eigenvalue weighted by molar-refractivity contribution is -0.120. The van der Waals surface area contributed by atoms with Gasteiger partial charge in [0, 0.05) is 21.4 Å². The van der Waals surface area contributed by atoms with Crippen LogP contribution in [0.25, 0.3) is 0 Å². The van der Waals surface area contributed by atoms with Gasteiger partial charge in [-0.1, -0.05) is 30.0 Å². The average molecular weight is 300 g/mol. The van der Waals surface area contributed by atoms with Crippen molar-refractivity contribution in [1.82, 2.24) is 5.32 Å². The maximum Gasteiger partial charge on any atom is 0.224 e. The van der Waals surface area contributed by atoms with Gasteiger partial charge in [-0.05, 0) is 12.1 Å². The Labute approximate surface area is 127 Å². The summed E-state index contributed by atoms with van der Waals surface area (Å²) >= 11 is 1.54. The van der Waals surface area contributed by atoms with E-state index in [1.54, 1.807) is 35.6 Å². The molecule has 2 rings (SSSR count). The quantitative estimate of drug-likeness (QED) is 0.751. The number of nitrogens with two attached hydrogens (primary N) is 1. The van der Waals surface area contributed by atoms with E-state index in [2.05, 4.69) is 17.2 Å². The molecule has 1 amide bonds. The van der Waals surface area contributed by atoms with Crippen LogP contribution in [0.1, 0.15) is 16.0 Å². The topological polar surface area (TPSA) is 75.3 Å². The molecule has 0 bridgehead atoms. The molecule has 0 fully saturated rings. The van der Waals surface area contributed by atoms with Gasteiger partial charge in [-0.2, -0.15) is 0 Å². The summed E-state index contributed by atoms with van der Waals surface area (Å²) in [6.07, 6.45) is 0.165. The maximum atomic E-state index is 11.9. The molecular weight excluding hydrogens is 284 g/mol. The second-order valence-electron chi connectivity index (χ2n) is 4.39. The van der Waals surface area contributed by atoms with Gasteiger partial charge in [0.15, 0.2) is 0 Å². The lowest BCUT2D eigenvalue weighted by Crippen LogP contribution is -2.24. The minimum Gasteiger partial charge on any atom is -0.508 e. The number of hydrogen-bond acceptors (Lipinski definition) is 4. The summed E-state index contributed by atoms with van der Waals surface area (Å²) in [5.41, 5.74) is 6.85. The summed E-state index contributed by atoms with van der Waals surface area (Å²) in [6, 6.07) is 8.77. The Hall–Kier alpha value is -2.29. The third kappa shape index (κ3) is 4.63. The highest BCUT2D eigenvalue weighted by atomic mass is 32.1. The number of phenols is 1. The molecule has 0 spiro atoms. The Balaban J connectivity index is 1.87. The van der Waals surface area contributed by atoms with Crippen LogP contribution in [0.3, 0.4) is 0 Å². The van der Waals surface area contributed by atoms with Crippen molar-refractivity contribution in [2.45, 2.75) is 13.0 Å². The van der Waals surface area contributed by atoms with Crippen LogP contribution in [0.5, 0.6) is 5.75 Å². The molecule has 4 N–H and O–H groups in total. The molecule has 0 unspecified atom stereocenters. The van der Waals surface area contributed by atoms with Crippen molar-refractivity contribution < 1.29 is 9.90 Å². The van der Waals surface area contributed by atoms with Crippen LogP contribution >= 0.6 is 11.3 Å². The predicted octanol–water partition coefficient (Wildman–Crippen LogP) is 1.62. The Bertz CT molecular complexity index is 683. The summed E-state index contributed by atoms with van der Waals surface area (Å²) in [4.78, 5) is 12.9. The monoisotopic (exact) mass is 300 g/mol. The van der Waals surface area contributed by atoms with Gasteiger partial charge in [-0.25, -0.2) is 0 Å². The summed E-state index contributed by atoms with van der Waals surface area (Å²) in [5, 5.41) is 14.4. The zero-order valence-electron chi connectivity index (χ0n) is 11.4. The number of aromatic hydroxyl groups is 1. The van der Waals surface area contributed by atoms with Gasteiger partial charge in [0.05, 0.1) is 19.5 Å². The van der Waals surface area contributed by atoms with E-state index in [1.807, 2.05) is 11.4 Å². The molecule has 2 aromatic rings. The number of hydrogen-bond donors (Lipinski definition) is 3. The third-order valence-electron chi connectivity index (χ3n) is 2.79. The van der Waals surface area contributed by atoms with Gasteiger partial charge < -0.3 is 16.2 Å². The Morgan fingerprint density at radius 3 is 2.95 bits per heavy atom. The van der Waals surface area contributed by atoms with Crippen LogP contribution < -0.4 is 11.1 Å². The fourth-order valence-corrected chi connectivity index (χ4v) is 2.53. The van der Waals surface area contributed by atoms with Crippen molar-refractivity contribution in [3.05, 3.63) is 51.7 Å². The van der Waals surface area contributed by atoms with Gasteiger partial charge in [-0.15, -0.1) is 11.3 Å². The van der Waals surface area contributed by atoms with Gasteiger partial charge >= 0.3 is 0 Å². The summed E-state index contributed by atoms with van der Waals surface area (Å²) < 4.78 is 0. The lowest BCUT2D eigenvalue weighted by Gasteiger charge is -2.05. The van der Waals surface area contributed by atoms with Crippen LogP contribution in [0, 0.1) is 11.8 Å². The minimum atomic E-state index is -0.125. The number of nitrogens with one attached hydrogen (secondary N) is 1. The molecular formula is C16H16N2O2S. The van der Waals surface area contributed by atoms with Gasteiger partial charge in [0.2, 0.25) is 5.91 Å². The van der Waals surface area contributed by atoms with E-state index in [0.717, 1.165) is 10.4 Å². The fraction of sp³-hybridized carbons (Fsp3) is 0.188. The van der Waals surface area contributed by atoms with E-state index < -0.39 is 0 Å². The molecule has 1 aromatic heterocycles. The molecule has 0 aliphatic carbocycles. The molecule has 21 heavy (non-hydrogen) atoms. The summed E-state index contributed by atoms with van der Waals surface area (Å²) in [6.45, 7) is 0.796. The zero-order chi connectivity index (χ0) is 15.1. The molecule has 5 heteroatoms. The van der Waals surface area contributed by atoms with Crippen LogP contribution in [-0.4, -0.2) is 17.6 Å². The van der Waals surface area contributed by atoms with Crippen LogP contribution in [0.15, 0.2) is 35.7 Å². The van der Waals surface area contributed by atoms with Gasteiger partial charge in [0.1, 0.15) is 5.75 Å². The van der Waals surface area contributed by atoms with E-state index in [-0.39, 0.29) is 18.1 Å². The first-order valence-electron chi connectivity index (χ1n) is 6.49. The van der Waals surface area contributed by atoms with Crippen molar-refractivity contribution in [2.24, 2.45) is 5.73 Å². The average Bonchev–Trinajstić information content (AvgIpc) is 2.93. The zero-order valence-corrected chi connectivity index (χ0v) is 12.2. The number of carbonyl (C=O) groups is 1. The van der Waals surface area contributed by atoms with Gasteiger partial charge in [-0.3, -0.25) is 4.79 Å². The normalized spacial score (nSPS) is 9.76. The second kappa shape index (κ2) is 7.48. The highest BCUT2D eigenvalue weighted by molar-refractivity contribution is 7.10. The predicted molar refractivity (Wildman–Crippen MR) is 83.9 cm³/mol. The second-order valence-corrected chi connectivity index (χ2v) is 5.39. The van der Waals surface area contributed by atoms with Crippen molar-refractivity contribution in [1.29, 1.82) is 0 Å². The highest BCUT2D eigenvalue weighted by Gasteiger charge is 2.07. The van der Waals surface area contributed by atoms with Crippen LogP contribution in [0.2, 0.25) is 0 Å². The van der Waals surface area contributed by atoms with Crippen LogP contribution in [0.4, 0.5) is 0 Å². The number of thiophene rings is 1. The highest BCUT2D eigenvalue weighted by Crippen LogP contribution is 2.16. The number of phenolic OH excluding ortho intramolecular Hbond substituents is 1. The number of rotatable bonds is 4. The molecule has 0 radical (unpaired) electrons. The number of carbonyl (C=O) groups excluding carboxylic acids is 1. The van der Waals surface area contributed by atoms with E-state index >= 15 is 0 Å². The SMILES string of the molecule is NCC#Cc1csc(CNC(=O)Cc2ccccc2O)c1. The molecule has 0 saturated carbocycles. The summed E-state index contributed by atoms with van der Waals surface area (Å²) in [5.74, 6) is 5.76. The lowest BCUT2D eigenvalue weighted by atomic mass is 10.1. The number of benzene rings is 1. The van der Waals surface area contributed by atoms with Crippen molar-refractivity contribution >= 4 is 17.2 Å². The molecule has 0 aliphatic heterocycles. The Kier molecular flexibility index (Phi) is 5.38. The maximum absolute atomic E-state index is 11.9. The number of para-hydroxylation sites is 1. The minimum absolute atomic E-state index is 0.125. The molecule has 1 heterocycles. The molecule has 1 aromatic carbocycles. The van der Waals surface area contributed by atoms with Crippen molar-refractivity contribution in [2.75, 3.05) is 6.54 Å². The molecule has 0 aliphatic rings. The molecule has 0 saturated heterocycles. The number of amides is 1. The fourth-order valence-electron chi connectivity index (χ4n) is 1.77. The molecule has 0 atom stereocenters. The van der Waals surface area contributed by atoms with E-state index in [4.69, 9.17) is 5.73 Å². The van der Waals surface area contributed by atoms with E-state index in [9.17, 15) is 9.90 Å². The van der Waals surface area contributed by atoms with E-state index in [0.29, 0.717) is 18.7 Å². The Morgan fingerprint density at radius 2 is 2.19 bits per heavy atom. The Morgan fingerprint density at radius 1 is 1.38 bits per heavy atom. The molecule has 108 valence electrons. The van der Waals surface area contributed by atoms with Gasteiger partial charge in [0.25, 0.3) is 0 Å². The first-order valence-corrected chi connectivity index (χ1v) is 7.37. The van der Waals surface area contributed by atoms with Crippen molar-refractivity contribution in [3.8, 4) is 17.6 Å². The largest absolute Gasteiger partial charge is 0.508 e. The first kappa shape index (κ1) is 15.1. The van der Waals surface area contributed by atoms with Crippen molar-refractivity contribution in [3.63, 3.8) is 0 Å². The first-order chi connectivity index (χ1) is 10.2. The third-order valence-corrected chi connectivity index (χ3v) is 3.73.